The number of benzene rings is 2. The van der Waals surface area contributed by atoms with E-state index in [-0.39, 0.29) is 17.4 Å². The van der Waals surface area contributed by atoms with Crippen LogP contribution in [0.5, 0.6) is 5.75 Å². The van der Waals surface area contributed by atoms with E-state index in [1.165, 1.54) is 12.1 Å². The van der Waals surface area contributed by atoms with E-state index in [1.54, 1.807) is 18.2 Å². The van der Waals surface area contributed by atoms with Gasteiger partial charge in [-0.05, 0) is 18.1 Å². The summed E-state index contributed by atoms with van der Waals surface area (Å²) in [6.45, 7) is 2.02. The van der Waals surface area contributed by atoms with Crippen molar-refractivity contribution in [2.45, 2.75) is 25.4 Å². The Bertz CT molecular complexity index is 845. The summed E-state index contributed by atoms with van der Waals surface area (Å²) in [5, 5.41) is 11.0. The molecule has 2 aromatic rings. The first kappa shape index (κ1) is 13.9. The number of Topliss-reactive ketones (excluding diaryl/α,β-unsaturated/α-hetero) is 1. The first-order chi connectivity index (χ1) is 11.1. The molecule has 1 saturated carbocycles. The molecule has 5 heteroatoms. The van der Waals surface area contributed by atoms with Gasteiger partial charge in [0, 0.05) is 24.1 Å². The van der Waals surface area contributed by atoms with Gasteiger partial charge in [0.25, 0.3) is 5.69 Å². The van der Waals surface area contributed by atoms with Gasteiger partial charge in [0.2, 0.25) is 0 Å². The van der Waals surface area contributed by atoms with Crippen LogP contribution < -0.4 is 4.74 Å². The van der Waals surface area contributed by atoms with Gasteiger partial charge in [0.15, 0.2) is 5.78 Å². The number of para-hydroxylation sites is 1. The Hall–Kier alpha value is -2.69. The summed E-state index contributed by atoms with van der Waals surface area (Å²) in [7, 11) is 0. The standard InChI is InChI=1S/C18H15NO4/c1-2-11-5-3-8-14-16(20)15-10-18(15,23-17(11)14)12-6-4-7-13(9-12)19(21)22/h3-9,15H,2,10H2,1H3/t15?,18-/m0/s1. The number of nitro groups is 1. The molecule has 0 aromatic heterocycles. The van der Waals surface area contributed by atoms with Crippen molar-refractivity contribution in [3.63, 3.8) is 0 Å². The first-order valence-corrected chi connectivity index (χ1v) is 7.67. The van der Waals surface area contributed by atoms with Crippen LogP contribution in [0.15, 0.2) is 42.5 Å². The van der Waals surface area contributed by atoms with Gasteiger partial charge in [-0.15, -0.1) is 0 Å². The average molecular weight is 309 g/mol. The van der Waals surface area contributed by atoms with Crippen LogP contribution in [0, 0.1) is 16.0 Å². The summed E-state index contributed by atoms with van der Waals surface area (Å²) >= 11 is 0. The zero-order valence-electron chi connectivity index (χ0n) is 12.6. The lowest BCUT2D eigenvalue weighted by Crippen LogP contribution is -2.28. The lowest BCUT2D eigenvalue weighted by molar-refractivity contribution is -0.385. The molecule has 0 bridgehead atoms. The quantitative estimate of drug-likeness (QED) is 0.641. The summed E-state index contributed by atoms with van der Waals surface area (Å²) in [4.78, 5) is 23.3. The minimum absolute atomic E-state index is 0.0214. The number of nitrogens with zero attached hydrogens (tertiary/aromatic N) is 1. The molecular weight excluding hydrogens is 294 g/mol. The van der Waals surface area contributed by atoms with Crippen molar-refractivity contribution < 1.29 is 14.5 Å². The number of aryl methyl sites for hydroxylation is 1. The van der Waals surface area contributed by atoms with Crippen molar-refractivity contribution >= 4 is 11.5 Å². The molecule has 2 aliphatic rings. The second-order valence-electron chi connectivity index (χ2n) is 6.07. The minimum Gasteiger partial charge on any atom is -0.481 e. The van der Waals surface area contributed by atoms with E-state index < -0.39 is 10.5 Å². The molecule has 1 fully saturated rings. The fraction of sp³-hybridized carbons (Fsp3) is 0.278. The normalized spacial score (nSPS) is 24.4. The maximum absolute atomic E-state index is 12.7. The van der Waals surface area contributed by atoms with Crippen LogP contribution in [0.4, 0.5) is 5.69 Å². The van der Waals surface area contributed by atoms with E-state index in [0.29, 0.717) is 23.3 Å². The van der Waals surface area contributed by atoms with E-state index >= 15 is 0 Å². The Kier molecular flexibility index (Phi) is 2.82. The second kappa shape index (κ2) is 4.65. The van der Waals surface area contributed by atoms with Gasteiger partial charge >= 0.3 is 0 Å². The fourth-order valence-corrected chi connectivity index (χ4v) is 3.47. The lowest BCUT2D eigenvalue weighted by Gasteiger charge is -2.27. The zero-order chi connectivity index (χ0) is 16.2. The maximum atomic E-state index is 12.7. The van der Waals surface area contributed by atoms with Crippen LogP contribution in [-0.2, 0) is 12.0 Å². The third-order valence-electron chi connectivity index (χ3n) is 4.80. The number of hydrogen-bond acceptors (Lipinski definition) is 4. The highest BCUT2D eigenvalue weighted by molar-refractivity contribution is 6.04. The zero-order valence-corrected chi connectivity index (χ0v) is 12.6. The molecule has 23 heavy (non-hydrogen) atoms. The fourth-order valence-electron chi connectivity index (χ4n) is 3.47. The number of rotatable bonds is 3. The number of ether oxygens (including phenoxy) is 1. The third kappa shape index (κ3) is 1.89. The molecule has 5 nitrogen and oxygen atoms in total. The molecule has 0 spiro atoms. The van der Waals surface area contributed by atoms with E-state index in [0.717, 1.165) is 12.0 Å². The summed E-state index contributed by atoms with van der Waals surface area (Å²) in [5.74, 6) is 0.470. The van der Waals surface area contributed by atoms with Gasteiger partial charge in [0.1, 0.15) is 11.4 Å². The Balaban J connectivity index is 1.82. The summed E-state index contributed by atoms with van der Waals surface area (Å²) < 4.78 is 6.26. The van der Waals surface area contributed by atoms with Gasteiger partial charge in [0.05, 0.1) is 16.4 Å². The molecule has 1 aliphatic carbocycles. The molecule has 0 N–H and O–H groups in total. The molecule has 2 atom stereocenters. The molecule has 0 saturated heterocycles. The predicted molar refractivity (Wildman–Crippen MR) is 83.7 cm³/mol. The van der Waals surface area contributed by atoms with Crippen molar-refractivity contribution in [3.05, 3.63) is 69.3 Å². The Morgan fingerprint density at radius 2 is 2.09 bits per heavy atom. The smallest absolute Gasteiger partial charge is 0.269 e. The number of carbonyl (C=O) groups excluding carboxylic acids is 1. The number of non-ortho nitro benzene ring substituents is 1. The Morgan fingerprint density at radius 1 is 1.30 bits per heavy atom. The van der Waals surface area contributed by atoms with Crippen molar-refractivity contribution in [3.8, 4) is 5.75 Å². The molecule has 1 aliphatic heterocycles. The third-order valence-corrected chi connectivity index (χ3v) is 4.80. The highest BCUT2D eigenvalue weighted by Gasteiger charge is 2.65. The van der Waals surface area contributed by atoms with Crippen LogP contribution in [0.25, 0.3) is 0 Å². The minimum atomic E-state index is -0.735. The van der Waals surface area contributed by atoms with Gasteiger partial charge < -0.3 is 4.74 Å². The second-order valence-corrected chi connectivity index (χ2v) is 6.07. The van der Waals surface area contributed by atoms with Crippen LogP contribution in [0.1, 0.15) is 34.8 Å². The van der Waals surface area contributed by atoms with Gasteiger partial charge in [-0.3, -0.25) is 14.9 Å². The van der Waals surface area contributed by atoms with E-state index in [9.17, 15) is 14.9 Å². The molecular formula is C18H15NO4. The number of ketones is 1. The van der Waals surface area contributed by atoms with Crippen molar-refractivity contribution in [1.29, 1.82) is 0 Å². The van der Waals surface area contributed by atoms with Crippen LogP contribution >= 0.6 is 0 Å². The molecule has 2 aromatic carbocycles. The van der Waals surface area contributed by atoms with Gasteiger partial charge in [-0.2, -0.15) is 0 Å². The first-order valence-electron chi connectivity index (χ1n) is 7.67. The monoisotopic (exact) mass is 309 g/mol. The maximum Gasteiger partial charge on any atom is 0.269 e. The van der Waals surface area contributed by atoms with Crippen molar-refractivity contribution in [2.75, 3.05) is 0 Å². The summed E-state index contributed by atoms with van der Waals surface area (Å²) in [5.41, 5.74) is 1.62. The molecule has 116 valence electrons. The van der Waals surface area contributed by atoms with Crippen LogP contribution in [0.2, 0.25) is 0 Å². The lowest BCUT2D eigenvalue weighted by atomic mass is 9.94. The summed E-state index contributed by atoms with van der Waals surface area (Å²) in [6, 6.07) is 12.1. The van der Waals surface area contributed by atoms with E-state index in [4.69, 9.17) is 4.74 Å². The number of nitro benzene ring substituents is 1. The molecule has 4 rings (SSSR count). The van der Waals surface area contributed by atoms with Gasteiger partial charge in [-0.25, -0.2) is 0 Å². The Labute approximate surface area is 133 Å². The molecule has 0 radical (unpaired) electrons. The van der Waals surface area contributed by atoms with Gasteiger partial charge in [-0.1, -0.05) is 31.2 Å². The predicted octanol–water partition coefficient (Wildman–Crippen LogP) is 3.65. The molecule has 1 heterocycles. The van der Waals surface area contributed by atoms with Crippen molar-refractivity contribution in [2.24, 2.45) is 5.92 Å². The largest absolute Gasteiger partial charge is 0.481 e. The Morgan fingerprint density at radius 3 is 2.83 bits per heavy atom. The number of fused-ring (bicyclic) bond motifs is 2. The van der Waals surface area contributed by atoms with E-state index in [1.807, 2.05) is 19.1 Å². The number of hydrogen-bond donors (Lipinski definition) is 0. The topological polar surface area (TPSA) is 69.4 Å². The van der Waals surface area contributed by atoms with Crippen molar-refractivity contribution in [1.82, 2.24) is 0 Å². The van der Waals surface area contributed by atoms with Crippen LogP contribution in [0.3, 0.4) is 0 Å². The highest BCUT2D eigenvalue weighted by Crippen LogP contribution is 2.60. The number of carbonyl (C=O) groups is 1. The SMILES string of the molecule is CCc1cccc2c1O[C@]1(c3cccc([N+](=O)[O-])c3)CC1C2=O. The molecule has 1 unspecified atom stereocenters. The highest BCUT2D eigenvalue weighted by atomic mass is 16.6. The van der Waals surface area contributed by atoms with Crippen LogP contribution in [-0.4, -0.2) is 10.7 Å². The molecule has 0 amide bonds. The average Bonchev–Trinajstić information content (AvgIpc) is 3.31. The summed E-state index contributed by atoms with van der Waals surface area (Å²) in [6.07, 6.45) is 1.34. The van der Waals surface area contributed by atoms with E-state index in [2.05, 4.69) is 0 Å².